The molecule has 0 aliphatic heterocycles. The molecule has 1 aromatic heterocycles. The van der Waals surface area contributed by atoms with Crippen molar-refractivity contribution in [1.82, 2.24) is 4.98 Å². The van der Waals surface area contributed by atoms with Crippen LogP contribution in [-0.2, 0) is 0 Å². The number of rotatable bonds is 3. The summed E-state index contributed by atoms with van der Waals surface area (Å²) in [5, 5.41) is 11.2. The van der Waals surface area contributed by atoms with Crippen LogP contribution in [-0.4, -0.2) is 22.2 Å². The third-order valence-corrected chi connectivity index (χ3v) is 2.13. The highest BCUT2D eigenvalue weighted by Gasteiger charge is 1.93. The van der Waals surface area contributed by atoms with E-state index >= 15 is 0 Å². The van der Waals surface area contributed by atoms with Crippen LogP contribution in [0.1, 0.15) is 12.6 Å². The zero-order valence-corrected chi connectivity index (χ0v) is 7.58. The molecule has 0 saturated heterocycles. The summed E-state index contributed by atoms with van der Waals surface area (Å²) in [6, 6.07) is 3.82. The lowest BCUT2D eigenvalue weighted by Gasteiger charge is -1.97. The molecule has 0 atom stereocenters. The van der Waals surface area contributed by atoms with Crippen LogP contribution in [0.25, 0.3) is 0 Å². The molecule has 1 aromatic rings. The molecule has 0 aromatic carbocycles. The predicted molar refractivity (Wildman–Crippen MR) is 50.0 cm³/mol. The first-order chi connectivity index (χ1) is 5.86. The van der Waals surface area contributed by atoms with Crippen molar-refractivity contribution >= 4 is 18.0 Å². The average Bonchev–Trinajstić information content (AvgIpc) is 2.06. The fourth-order valence-corrected chi connectivity index (χ4v) is 1.51. The van der Waals surface area contributed by atoms with Crippen LogP contribution < -0.4 is 0 Å². The van der Waals surface area contributed by atoms with Crippen molar-refractivity contribution in [3.8, 4) is 0 Å². The molecule has 0 amide bonds. The van der Waals surface area contributed by atoms with Crippen molar-refractivity contribution in [3.63, 3.8) is 0 Å². The summed E-state index contributed by atoms with van der Waals surface area (Å²) in [5.74, 6) is 1.03. The predicted octanol–water partition coefficient (Wildman–Crippen LogP) is 2.00. The first-order valence-corrected chi connectivity index (χ1v) is 4.61. The van der Waals surface area contributed by atoms with Crippen LogP contribution in [0.5, 0.6) is 0 Å². The number of hydrogen-bond donors (Lipinski definition) is 1. The maximum atomic E-state index is 8.26. The molecule has 1 heterocycles. The van der Waals surface area contributed by atoms with Crippen LogP contribution in [0.2, 0.25) is 0 Å². The number of aromatic nitrogens is 1. The van der Waals surface area contributed by atoms with Gasteiger partial charge < -0.3 is 5.21 Å². The van der Waals surface area contributed by atoms with E-state index in [0.717, 1.165) is 10.6 Å². The normalized spacial score (nSPS) is 10.8. The largest absolute Gasteiger partial charge is 0.411 e. The Hall–Kier alpha value is -1.03. The summed E-state index contributed by atoms with van der Waals surface area (Å²) in [4.78, 5) is 5.13. The van der Waals surface area contributed by atoms with E-state index in [4.69, 9.17) is 5.21 Å². The van der Waals surface area contributed by atoms with Gasteiger partial charge in [0.15, 0.2) is 0 Å². The minimum Gasteiger partial charge on any atom is -0.411 e. The van der Waals surface area contributed by atoms with E-state index < -0.39 is 0 Å². The number of nitrogens with zero attached hydrogens (tertiary/aromatic N) is 2. The lowest BCUT2D eigenvalue weighted by Crippen LogP contribution is -1.86. The molecule has 4 heteroatoms. The number of pyridine rings is 1. The summed E-state index contributed by atoms with van der Waals surface area (Å²) in [6.45, 7) is 2.09. The molecule has 0 aliphatic rings. The van der Waals surface area contributed by atoms with Gasteiger partial charge in [0.05, 0.1) is 11.9 Å². The Bertz CT molecular complexity index is 276. The van der Waals surface area contributed by atoms with Crippen LogP contribution in [0.3, 0.4) is 0 Å². The summed E-state index contributed by atoms with van der Waals surface area (Å²) in [5.41, 5.74) is 0.677. The quantitative estimate of drug-likeness (QED) is 0.336. The molecule has 1 N–H and O–H groups in total. The fraction of sp³-hybridized carbons (Fsp3) is 0.250. The standard InChI is InChI=1S/C8H10N2OS/c1-2-12-8-3-4-9-7(5-8)6-10-11/h3-6,11H,2H2,1H3. The number of thioether (sulfide) groups is 1. The second-order valence-corrected chi connectivity index (χ2v) is 3.43. The van der Waals surface area contributed by atoms with Gasteiger partial charge in [-0.1, -0.05) is 12.1 Å². The van der Waals surface area contributed by atoms with E-state index in [0.29, 0.717) is 5.69 Å². The SMILES string of the molecule is CCSc1ccnc(C=NO)c1. The van der Waals surface area contributed by atoms with Gasteiger partial charge >= 0.3 is 0 Å². The van der Waals surface area contributed by atoms with Crippen molar-refractivity contribution in [2.24, 2.45) is 5.16 Å². The highest BCUT2D eigenvalue weighted by Crippen LogP contribution is 2.16. The Morgan fingerprint density at radius 1 is 1.75 bits per heavy atom. The van der Waals surface area contributed by atoms with Gasteiger partial charge in [-0.2, -0.15) is 0 Å². The molecule has 3 nitrogen and oxygen atoms in total. The topological polar surface area (TPSA) is 45.5 Å². The van der Waals surface area contributed by atoms with Crippen LogP contribution >= 0.6 is 11.8 Å². The molecule has 0 fully saturated rings. The lowest BCUT2D eigenvalue weighted by molar-refractivity contribution is 0.321. The van der Waals surface area contributed by atoms with E-state index in [1.54, 1.807) is 18.0 Å². The van der Waals surface area contributed by atoms with Gasteiger partial charge in [0.2, 0.25) is 0 Å². The van der Waals surface area contributed by atoms with E-state index in [2.05, 4.69) is 17.1 Å². The molecular weight excluding hydrogens is 172 g/mol. The van der Waals surface area contributed by atoms with Crippen LogP contribution in [0.4, 0.5) is 0 Å². The second kappa shape index (κ2) is 4.77. The van der Waals surface area contributed by atoms with Gasteiger partial charge in [0.1, 0.15) is 0 Å². The van der Waals surface area contributed by atoms with Crippen molar-refractivity contribution in [2.75, 3.05) is 5.75 Å². The van der Waals surface area contributed by atoms with E-state index in [1.807, 2.05) is 12.1 Å². The van der Waals surface area contributed by atoms with Crippen LogP contribution in [0.15, 0.2) is 28.4 Å². The molecule has 0 unspecified atom stereocenters. The molecule has 0 aliphatic carbocycles. The highest BCUT2D eigenvalue weighted by atomic mass is 32.2. The molecule has 0 saturated carbocycles. The summed E-state index contributed by atoms with van der Waals surface area (Å²) in [7, 11) is 0. The van der Waals surface area contributed by atoms with Crippen LogP contribution in [0, 0.1) is 0 Å². The zero-order chi connectivity index (χ0) is 8.81. The highest BCUT2D eigenvalue weighted by molar-refractivity contribution is 7.99. The van der Waals surface area contributed by atoms with Crippen molar-refractivity contribution in [1.29, 1.82) is 0 Å². The van der Waals surface area contributed by atoms with Gasteiger partial charge in [-0.15, -0.1) is 11.8 Å². The lowest BCUT2D eigenvalue weighted by atomic mass is 10.4. The van der Waals surface area contributed by atoms with Gasteiger partial charge in [0.25, 0.3) is 0 Å². The Labute approximate surface area is 75.5 Å². The van der Waals surface area contributed by atoms with Gasteiger partial charge in [-0.05, 0) is 17.9 Å². The van der Waals surface area contributed by atoms with Crippen molar-refractivity contribution in [3.05, 3.63) is 24.0 Å². The molecule has 0 bridgehead atoms. The minimum absolute atomic E-state index is 0.677. The fourth-order valence-electron chi connectivity index (χ4n) is 0.814. The van der Waals surface area contributed by atoms with Gasteiger partial charge in [-0.25, -0.2) is 0 Å². The Balaban J connectivity index is 2.80. The first kappa shape index (κ1) is 9.06. The first-order valence-electron chi connectivity index (χ1n) is 3.63. The maximum absolute atomic E-state index is 8.26. The van der Waals surface area contributed by atoms with Gasteiger partial charge in [0, 0.05) is 11.1 Å². The monoisotopic (exact) mass is 182 g/mol. The Morgan fingerprint density at radius 3 is 3.25 bits per heavy atom. The molecule has 0 spiro atoms. The Kier molecular flexibility index (Phi) is 3.60. The van der Waals surface area contributed by atoms with E-state index in [9.17, 15) is 0 Å². The van der Waals surface area contributed by atoms with E-state index in [1.165, 1.54) is 6.21 Å². The Morgan fingerprint density at radius 2 is 2.58 bits per heavy atom. The number of oxime groups is 1. The van der Waals surface area contributed by atoms with E-state index in [-0.39, 0.29) is 0 Å². The zero-order valence-electron chi connectivity index (χ0n) is 6.77. The molecule has 1 rings (SSSR count). The number of hydrogen-bond acceptors (Lipinski definition) is 4. The third-order valence-electron chi connectivity index (χ3n) is 1.25. The van der Waals surface area contributed by atoms with Gasteiger partial charge in [-0.3, -0.25) is 4.98 Å². The minimum atomic E-state index is 0.677. The summed E-state index contributed by atoms with van der Waals surface area (Å²) < 4.78 is 0. The maximum Gasteiger partial charge on any atom is 0.0918 e. The molecule has 12 heavy (non-hydrogen) atoms. The molecule has 64 valence electrons. The average molecular weight is 182 g/mol. The van der Waals surface area contributed by atoms with Crippen molar-refractivity contribution in [2.45, 2.75) is 11.8 Å². The van der Waals surface area contributed by atoms with Crippen molar-refractivity contribution < 1.29 is 5.21 Å². The second-order valence-electron chi connectivity index (χ2n) is 2.09. The molecular formula is C8H10N2OS. The molecule has 0 radical (unpaired) electrons. The smallest absolute Gasteiger partial charge is 0.0918 e. The third kappa shape index (κ3) is 2.54. The summed E-state index contributed by atoms with van der Waals surface area (Å²) in [6.07, 6.45) is 3.02. The summed E-state index contributed by atoms with van der Waals surface area (Å²) >= 11 is 1.73.